The molecular formula is C20H20F2N2O. The Morgan fingerprint density at radius 3 is 1.96 bits per heavy atom. The largest absolute Gasteiger partial charge is 0.371 e. The molecule has 2 aromatic rings. The molecule has 0 bridgehead atoms. The Kier molecular flexibility index (Phi) is 5.12. The lowest BCUT2D eigenvalue weighted by molar-refractivity contribution is 0.104. The van der Waals surface area contributed by atoms with Gasteiger partial charge in [-0.3, -0.25) is 4.79 Å². The fourth-order valence-electron chi connectivity index (χ4n) is 2.95. The van der Waals surface area contributed by atoms with E-state index in [1.807, 2.05) is 6.92 Å². The first-order valence-electron chi connectivity index (χ1n) is 8.26. The van der Waals surface area contributed by atoms with Crippen LogP contribution in [0.2, 0.25) is 0 Å². The van der Waals surface area contributed by atoms with E-state index in [9.17, 15) is 13.6 Å². The fraction of sp³-hybridized carbons (Fsp3) is 0.250. The van der Waals surface area contributed by atoms with Crippen LogP contribution in [-0.4, -0.2) is 36.9 Å². The number of rotatable bonds is 4. The van der Waals surface area contributed by atoms with Gasteiger partial charge in [0.05, 0.1) is 0 Å². The topological polar surface area (TPSA) is 23.6 Å². The molecule has 1 aliphatic heterocycles. The average Bonchev–Trinajstić information content (AvgIpc) is 2.63. The quantitative estimate of drug-likeness (QED) is 0.622. The second-order valence-corrected chi connectivity index (χ2v) is 6.11. The lowest BCUT2D eigenvalue weighted by Gasteiger charge is -2.37. The van der Waals surface area contributed by atoms with Gasteiger partial charge >= 0.3 is 0 Å². The highest BCUT2D eigenvalue weighted by Crippen LogP contribution is 2.19. The van der Waals surface area contributed by atoms with Gasteiger partial charge < -0.3 is 9.80 Å². The third-order valence-corrected chi connectivity index (χ3v) is 4.44. The molecule has 5 heteroatoms. The third kappa shape index (κ3) is 4.24. The van der Waals surface area contributed by atoms with Gasteiger partial charge in [-0.25, -0.2) is 8.78 Å². The number of anilines is 1. The molecule has 0 saturated carbocycles. The second-order valence-electron chi connectivity index (χ2n) is 6.11. The number of carbonyl (C=O) groups is 1. The van der Waals surface area contributed by atoms with E-state index in [1.54, 1.807) is 18.2 Å². The molecule has 3 rings (SSSR count). The van der Waals surface area contributed by atoms with Crippen molar-refractivity contribution in [1.29, 1.82) is 0 Å². The fourth-order valence-corrected chi connectivity index (χ4v) is 2.95. The van der Waals surface area contributed by atoms with Crippen molar-refractivity contribution in [3.63, 3.8) is 0 Å². The number of hydrogen-bond acceptors (Lipinski definition) is 3. The first kappa shape index (κ1) is 17.1. The van der Waals surface area contributed by atoms with E-state index in [2.05, 4.69) is 9.80 Å². The van der Waals surface area contributed by atoms with E-state index >= 15 is 0 Å². The summed E-state index contributed by atoms with van der Waals surface area (Å²) in [6, 6.07) is 12.1. The van der Waals surface area contributed by atoms with E-state index in [1.165, 1.54) is 36.4 Å². The summed E-state index contributed by atoms with van der Waals surface area (Å²) in [5.41, 5.74) is 2.38. The number of hydrogen-bond donors (Lipinski definition) is 0. The Hall–Kier alpha value is -2.69. The Bertz CT molecular complexity index is 761. The summed E-state index contributed by atoms with van der Waals surface area (Å²) >= 11 is 0. The zero-order valence-electron chi connectivity index (χ0n) is 14.1. The number of nitrogens with zero attached hydrogens (tertiary/aromatic N) is 2. The number of carbonyl (C=O) groups excluding carboxylic acids is 1. The predicted octanol–water partition coefficient (Wildman–Crippen LogP) is 3.87. The van der Waals surface area contributed by atoms with Gasteiger partial charge in [-0.15, -0.1) is 0 Å². The smallest absolute Gasteiger partial charge is 0.187 e. The van der Waals surface area contributed by atoms with Crippen LogP contribution in [0.4, 0.5) is 14.5 Å². The Morgan fingerprint density at radius 2 is 1.40 bits per heavy atom. The maximum absolute atomic E-state index is 13.0. The minimum absolute atomic E-state index is 0.126. The van der Waals surface area contributed by atoms with Crippen molar-refractivity contribution in [3.05, 3.63) is 77.5 Å². The lowest BCUT2D eigenvalue weighted by Crippen LogP contribution is -2.45. The molecule has 130 valence electrons. The Labute approximate surface area is 146 Å². The molecule has 0 aliphatic carbocycles. The average molecular weight is 342 g/mol. The summed E-state index contributed by atoms with van der Waals surface area (Å²) in [5.74, 6) is -0.715. The molecule has 1 saturated heterocycles. The molecule has 0 aromatic heterocycles. The van der Waals surface area contributed by atoms with Crippen LogP contribution in [0.1, 0.15) is 17.3 Å². The van der Waals surface area contributed by atoms with Gasteiger partial charge in [0.25, 0.3) is 0 Å². The summed E-state index contributed by atoms with van der Waals surface area (Å²) < 4.78 is 26.0. The molecule has 0 amide bonds. The Balaban J connectivity index is 1.60. The molecule has 0 spiro atoms. The molecule has 3 nitrogen and oxygen atoms in total. The van der Waals surface area contributed by atoms with E-state index in [0.29, 0.717) is 5.56 Å². The molecule has 1 heterocycles. The first-order chi connectivity index (χ1) is 12.0. The van der Waals surface area contributed by atoms with Gasteiger partial charge in [0.15, 0.2) is 5.78 Å². The molecule has 0 atom stereocenters. The van der Waals surface area contributed by atoms with Crippen LogP contribution in [0.5, 0.6) is 0 Å². The molecule has 25 heavy (non-hydrogen) atoms. The van der Waals surface area contributed by atoms with Crippen LogP contribution in [0.3, 0.4) is 0 Å². The van der Waals surface area contributed by atoms with Gasteiger partial charge in [0, 0.05) is 49.2 Å². The monoisotopic (exact) mass is 342 g/mol. The van der Waals surface area contributed by atoms with E-state index < -0.39 is 0 Å². The number of ketones is 1. The zero-order valence-corrected chi connectivity index (χ0v) is 14.1. The molecule has 0 radical (unpaired) electrons. The number of piperazine rings is 1. The second kappa shape index (κ2) is 7.47. The van der Waals surface area contributed by atoms with Gasteiger partial charge in [0.2, 0.25) is 0 Å². The molecule has 0 N–H and O–H groups in total. The highest BCUT2D eigenvalue weighted by Gasteiger charge is 2.18. The number of allylic oxidation sites excluding steroid dienone is 2. The van der Waals surface area contributed by atoms with Gasteiger partial charge in [0.1, 0.15) is 11.6 Å². The first-order valence-corrected chi connectivity index (χ1v) is 8.26. The van der Waals surface area contributed by atoms with Crippen LogP contribution >= 0.6 is 0 Å². The minimum Gasteiger partial charge on any atom is -0.371 e. The number of benzene rings is 2. The SMILES string of the molecule is C/C(=C\C(=O)c1ccc(F)cc1)N1CCN(c2ccc(F)cc2)CC1. The van der Waals surface area contributed by atoms with Crippen molar-refractivity contribution < 1.29 is 13.6 Å². The Morgan fingerprint density at radius 1 is 0.880 bits per heavy atom. The van der Waals surface area contributed by atoms with Crippen molar-refractivity contribution in [2.24, 2.45) is 0 Å². The van der Waals surface area contributed by atoms with Crippen LogP contribution < -0.4 is 4.90 Å². The normalized spacial score (nSPS) is 15.4. The molecule has 2 aromatic carbocycles. The van der Waals surface area contributed by atoms with Gasteiger partial charge in [-0.1, -0.05) is 0 Å². The van der Waals surface area contributed by atoms with Crippen LogP contribution in [0, 0.1) is 11.6 Å². The maximum atomic E-state index is 13.0. The molecular weight excluding hydrogens is 322 g/mol. The van der Waals surface area contributed by atoms with Crippen molar-refractivity contribution in [3.8, 4) is 0 Å². The van der Waals surface area contributed by atoms with Crippen LogP contribution in [0.25, 0.3) is 0 Å². The van der Waals surface area contributed by atoms with E-state index in [0.717, 1.165) is 37.6 Å². The zero-order chi connectivity index (χ0) is 17.8. The molecule has 0 unspecified atom stereocenters. The maximum Gasteiger partial charge on any atom is 0.187 e. The van der Waals surface area contributed by atoms with E-state index in [4.69, 9.17) is 0 Å². The van der Waals surface area contributed by atoms with Gasteiger partial charge in [-0.2, -0.15) is 0 Å². The number of halogens is 2. The summed E-state index contributed by atoms with van der Waals surface area (Å²) in [4.78, 5) is 16.6. The predicted molar refractivity (Wildman–Crippen MR) is 94.7 cm³/mol. The highest BCUT2D eigenvalue weighted by atomic mass is 19.1. The minimum atomic E-state index is -0.353. The summed E-state index contributed by atoms with van der Waals surface area (Å²) in [5, 5.41) is 0. The van der Waals surface area contributed by atoms with Crippen LogP contribution in [-0.2, 0) is 0 Å². The molecule has 1 aliphatic rings. The van der Waals surface area contributed by atoms with E-state index in [-0.39, 0.29) is 17.4 Å². The summed E-state index contributed by atoms with van der Waals surface area (Å²) in [6.07, 6.45) is 1.60. The standard InChI is InChI=1S/C20H20F2N2O/c1-15(14-20(25)16-2-4-17(21)5-3-16)23-10-12-24(13-11-23)19-8-6-18(22)7-9-19/h2-9,14H,10-13H2,1H3/b15-14+. The highest BCUT2D eigenvalue weighted by molar-refractivity contribution is 6.04. The van der Waals surface area contributed by atoms with Crippen molar-refractivity contribution in [1.82, 2.24) is 4.90 Å². The van der Waals surface area contributed by atoms with Crippen LogP contribution in [0.15, 0.2) is 60.3 Å². The van der Waals surface area contributed by atoms with Gasteiger partial charge in [-0.05, 0) is 55.5 Å². The molecule has 1 fully saturated rings. The van der Waals surface area contributed by atoms with Crippen molar-refractivity contribution in [2.45, 2.75) is 6.92 Å². The summed E-state index contributed by atoms with van der Waals surface area (Å²) in [7, 11) is 0. The van der Waals surface area contributed by atoms with Crippen molar-refractivity contribution in [2.75, 3.05) is 31.1 Å². The third-order valence-electron chi connectivity index (χ3n) is 4.44. The lowest BCUT2D eigenvalue weighted by atomic mass is 10.1. The summed E-state index contributed by atoms with van der Waals surface area (Å²) in [6.45, 7) is 5.10. The van der Waals surface area contributed by atoms with Crippen molar-refractivity contribution >= 4 is 11.5 Å².